The van der Waals surface area contributed by atoms with Gasteiger partial charge in [-0.2, -0.15) is 0 Å². The third kappa shape index (κ3) is 2.57. The Morgan fingerprint density at radius 2 is 1.90 bits per heavy atom. The van der Waals surface area contributed by atoms with Crippen LogP contribution in [0.1, 0.15) is 28.8 Å². The number of H-pyrrole nitrogens is 1. The molecule has 1 spiro atoms. The molecular weight excluding hydrogens is 376 g/mol. The van der Waals surface area contributed by atoms with Crippen molar-refractivity contribution >= 4 is 17.0 Å². The molecule has 2 N–H and O–H groups in total. The van der Waals surface area contributed by atoms with Crippen LogP contribution in [0.15, 0.2) is 60.9 Å². The predicted octanol–water partition coefficient (Wildman–Crippen LogP) is 4.04. The maximum absolute atomic E-state index is 12.9. The fourth-order valence-corrected chi connectivity index (χ4v) is 4.68. The number of ether oxygens (including phenoxy) is 1. The van der Waals surface area contributed by atoms with Gasteiger partial charge in [0.05, 0.1) is 16.6 Å². The van der Waals surface area contributed by atoms with E-state index in [9.17, 15) is 4.79 Å². The van der Waals surface area contributed by atoms with Crippen LogP contribution in [0.2, 0.25) is 0 Å². The number of carbonyl (C=O) groups excluding carboxylic acids is 1. The predicted molar refractivity (Wildman–Crippen MR) is 114 cm³/mol. The summed E-state index contributed by atoms with van der Waals surface area (Å²) in [4.78, 5) is 25.3. The lowest BCUT2D eigenvalue weighted by molar-refractivity contribution is -0.0241. The van der Waals surface area contributed by atoms with Crippen molar-refractivity contribution in [2.24, 2.45) is 0 Å². The molecule has 0 radical (unpaired) electrons. The Kier molecular flexibility index (Phi) is 3.76. The highest BCUT2D eigenvalue weighted by Gasteiger charge is 2.47. The molecule has 1 saturated heterocycles. The van der Waals surface area contributed by atoms with E-state index in [0.29, 0.717) is 11.4 Å². The summed E-state index contributed by atoms with van der Waals surface area (Å²) in [6, 6.07) is 16.0. The molecule has 0 amide bonds. The van der Waals surface area contributed by atoms with Gasteiger partial charge < -0.3 is 15.0 Å². The van der Waals surface area contributed by atoms with Crippen LogP contribution < -0.4 is 5.32 Å². The molecule has 0 unspecified atom stereocenters. The van der Waals surface area contributed by atoms with Gasteiger partial charge in [-0.3, -0.25) is 4.98 Å². The van der Waals surface area contributed by atoms with Crippen LogP contribution in [0.3, 0.4) is 0 Å². The van der Waals surface area contributed by atoms with Crippen molar-refractivity contribution in [1.29, 1.82) is 0 Å². The number of nitrogens with zero attached hydrogens (tertiary/aromatic N) is 2. The van der Waals surface area contributed by atoms with E-state index in [2.05, 4.69) is 21.4 Å². The van der Waals surface area contributed by atoms with Gasteiger partial charge in [0.15, 0.2) is 0 Å². The topological polar surface area (TPSA) is 79.9 Å². The molecule has 2 aliphatic heterocycles. The van der Waals surface area contributed by atoms with E-state index in [-0.39, 0.29) is 5.97 Å². The second kappa shape index (κ2) is 6.50. The third-order valence-corrected chi connectivity index (χ3v) is 6.19. The molecule has 1 fully saturated rings. The molecule has 4 heterocycles. The van der Waals surface area contributed by atoms with Gasteiger partial charge in [-0.05, 0) is 36.9 Å². The standard InChI is InChI=1S/C24H20N4O2/c29-23-21-17(4-1-5-18(21)24(30-23)8-11-25-12-9-24)22-27-19-7-6-15(13-20(19)28-22)16-3-2-10-26-14-16/h1-7,10,13-14,25H,8-9,11-12H2,(H,27,28). The van der Waals surface area contributed by atoms with Crippen molar-refractivity contribution in [2.75, 3.05) is 13.1 Å². The molecule has 6 nitrogen and oxygen atoms in total. The highest BCUT2D eigenvalue weighted by atomic mass is 16.6. The first-order valence-electron chi connectivity index (χ1n) is 10.2. The SMILES string of the molecule is O=C1OC2(CCNCC2)c2cccc(-c3nc4ccc(-c5cccnc5)cc4[nH]3)c21. The Labute approximate surface area is 173 Å². The summed E-state index contributed by atoms with van der Waals surface area (Å²) in [5.74, 6) is 0.437. The lowest BCUT2D eigenvalue weighted by atomic mass is 9.83. The number of benzene rings is 2. The Morgan fingerprint density at radius 1 is 1.00 bits per heavy atom. The average Bonchev–Trinajstić information content (AvgIpc) is 3.34. The Morgan fingerprint density at radius 3 is 2.73 bits per heavy atom. The monoisotopic (exact) mass is 396 g/mol. The molecule has 30 heavy (non-hydrogen) atoms. The van der Waals surface area contributed by atoms with E-state index in [1.54, 1.807) is 6.20 Å². The first-order chi connectivity index (χ1) is 14.7. The van der Waals surface area contributed by atoms with E-state index in [4.69, 9.17) is 9.72 Å². The van der Waals surface area contributed by atoms with E-state index in [1.807, 2.05) is 48.7 Å². The number of imidazole rings is 1. The zero-order valence-corrected chi connectivity index (χ0v) is 16.3. The smallest absolute Gasteiger partial charge is 0.340 e. The molecule has 6 heteroatoms. The van der Waals surface area contributed by atoms with Gasteiger partial charge in [0.2, 0.25) is 0 Å². The van der Waals surface area contributed by atoms with Crippen LogP contribution in [-0.2, 0) is 10.3 Å². The van der Waals surface area contributed by atoms with Gasteiger partial charge in [0.25, 0.3) is 0 Å². The molecule has 6 rings (SSSR count). The largest absolute Gasteiger partial charge is 0.450 e. The highest BCUT2D eigenvalue weighted by molar-refractivity contribution is 6.01. The van der Waals surface area contributed by atoms with Crippen LogP contribution in [0.25, 0.3) is 33.5 Å². The summed E-state index contributed by atoms with van der Waals surface area (Å²) < 4.78 is 5.95. The van der Waals surface area contributed by atoms with E-state index < -0.39 is 5.60 Å². The Bertz CT molecular complexity index is 1270. The first-order valence-corrected chi connectivity index (χ1v) is 10.2. The number of rotatable bonds is 2. The molecule has 2 aliphatic rings. The molecule has 148 valence electrons. The number of esters is 1. The number of aromatic amines is 1. The summed E-state index contributed by atoms with van der Waals surface area (Å²) in [5, 5.41) is 3.35. The summed E-state index contributed by atoms with van der Waals surface area (Å²) in [5.41, 5.74) is 5.82. The molecule has 4 aromatic rings. The number of carbonyl (C=O) groups is 1. The van der Waals surface area contributed by atoms with Crippen LogP contribution in [0, 0.1) is 0 Å². The lowest BCUT2D eigenvalue weighted by Crippen LogP contribution is -2.39. The number of pyridine rings is 1. The first kappa shape index (κ1) is 17.4. The van der Waals surface area contributed by atoms with Crippen molar-refractivity contribution in [2.45, 2.75) is 18.4 Å². The lowest BCUT2D eigenvalue weighted by Gasteiger charge is -2.33. The van der Waals surface area contributed by atoms with E-state index in [0.717, 1.165) is 59.2 Å². The number of nitrogens with one attached hydrogen (secondary N) is 2. The summed E-state index contributed by atoms with van der Waals surface area (Å²) >= 11 is 0. The normalized spacial score (nSPS) is 17.3. The van der Waals surface area contributed by atoms with E-state index >= 15 is 0 Å². The summed E-state index contributed by atoms with van der Waals surface area (Å²) in [6.45, 7) is 1.69. The minimum Gasteiger partial charge on any atom is -0.450 e. The maximum atomic E-state index is 12.9. The highest BCUT2D eigenvalue weighted by Crippen LogP contribution is 2.45. The molecule has 2 aromatic carbocycles. The molecule has 2 aromatic heterocycles. The fourth-order valence-electron chi connectivity index (χ4n) is 4.68. The minimum absolute atomic E-state index is 0.251. The fraction of sp³-hybridized carbons (Fsp3) is 0.208. The van der Waals surface area contributed by atoms with Crippen molar-refractivity contribution in [3.8, 4) is 22.5 Å². The molecule has 0 atom stereocenters. The third-order valence-electron chi connectivity index (χ3n) is 6.19. The van der Waals surface area contributed by atoms with Gasteiger partial charge in [-0.15, -0.1) is 0 Å². The summed E-state index contributed by atoms with van der Waals surface area (Å²) in [7, 11) is 0. The van der Waals surface area contributed by atoms with Gasteiger partial charge in [0.1, 0.15) is 11.4 Å². The summed E-state index contributed by atoms with van der Waals surface area (Å²) in [6.07, 6.45) is 5.20. The van der Waals surface area contributed by atoms with Crippen LogP contribution in [-0.4, -0.2) is 34.0 Å². The number of hydrogen-bond donors (Lipinski definition) is 2. The molecule has 0 bridgehead atoms. The molecule has 0 saturated carbocycles. The second-order valence-electron chi connectivity index (χ2n) is 7.92. The van der Waals surface area contributed by atoms with Crippen molar-refractivity contribution < 1.29 is 9.53 Å². The van der Waals surface area contributed by atoms with Gasteiger partial charge >= 0.3 is 5.97 Å². The molecular formula is C24H20N4O2. The Balaban J connectivity index is 1.47. The van der Waals surface area contributed by atoms with Crippen LogP contribution >= 0.6 is 0 Å². The van der Waals surface area contributed by atoms with Gasteiger partial charge in [-0.25, -0.2) is 9.78 Å². The van der Waals surface area contributed by atoms with Crippen molar-refractivity contribution in [3.63, 3.8) is 0 Å². The van der Waals surface area contributed by atoms with Crippen LogP contribution in [0.4, 0.5) is 0 Å². The van der Waals surface area contributed by atoms with Gasteiger partial charge in [-0.1, -0.05) is 30.3 Å². The van der Waals surface area contributed by atoms with Crippen molar-refractivity contribution in [3.05, 3.63) is 72.1 Å². The zero-order valence-electron chi connectivity index (χ0n) is 16.3. The number of aromatic nitrogens is 3. The van der Waals surface area contributed by atoms with Crippen molar-refractivity contribution in [1.82, 2.24) is 20.3 Å². The maximum Gasteiger partial charge on any atom is 0.340 e. The number of piperidine rings is 1. The minimum atomic E-state index is -0.507. The van der Waals surface area contributed by atoms with E-state index in [1.165, 1.54) is 0 Å². The average molecular weight is 396 g/mol. The van der Waals surface area contributed by atoms with Crippen LogP contribution in [0.5, 0.6) is 0 Å². The quantitative estimate of drug-likeness (QED) is 0.500. The molecule has 0 aliphatic carbocycles. The number of hydrogen-bond acceptors (Lipinski definition) is 5. The van der Waals surface area contributed by atoms with Gasteiger partial charge in [0, 0.05) is 41.9 Å². The second-order valence-corrected chi connectivity index (χ2v) is 7.92. The zero-order chi connectivity index (χ0) is 20.1. The Hall–Kier alpha value is -3.51. The number of fused-ring (bicyclic) bond motifs is 3.